The van der Waals surface area contributed by atoms with Crippen LogP contribution in [0.4, 0.5) is 22.7 Å². The standard InChI is InChI=1S/C50H52N2/c1-50(2)48-19-10-9-18-45(48)46-25-24-44(33-49(46)50)52(40-14-7-4-8-15-40)43-17-11-16-42(32-43)51(39-12-5-3-6-13-39)41-22-20-37(21-23-41)47-31-36-27-34-26-35(28-36)30-38(47)29-34/h3-5,7-12,14-20,22,24-25,32-36,38,47H,6,13,21,23,26-31H2,1-2H3. The van der Waals surface area contributed by atoms with Crippen molar-refractivity contribution in [2.75, 3.05) is 9.80 Å². The van der Waals surface area contributed by atoms with Crippen LogP contribution in [0, 0.1) is 29.6 Å². The molecule has 52 heavy (non-hydrogen) atoms. The van der Waals surface area contributed by atoms with Gasteiger partial charge in [-0.1, -0.05) is 92.2 Å². The lowest BCUT2D eigenvalue weighted by molar-refractivity contribution is 0.128. The van der Waals surface area contributed by atoms with Crippen LogP contribution in [0.1, 0.15) is 89.2 Å². The molecule has 0 saturated heterocycles. The second-order valence-corrected chi connectivity index (χ2v) is 17.3. The number of hydrogen-bond acceptors (Lipinski definition) is 2. The van der Waals surface area contributed by atoms with Crippen molar-refractivity contribution in [2.45, 2.75) is 83.5 Å². The average Bonchev–Trinajstić information content (AvgIpc) is 3.24. The van der Waals surface area contributed by atoms with Gasteiger partial charge in [0.05, 0.1) is 0 Å². The van der Waals surface area contributed by atoms with Crippen LogP contribution in [0.3, 0.4) is 0 Å². The minimum absolute atomic E-state index is 0.0560. The highest BCUT2D eigenvalue weighted by molar-refractivity contribution is 5.86. The van der Waals surface area contributed by atoms with Crippen molar-refractivity contribution in [3.63, 3.8) is 0 Å². The van der Waals surface area contributed by atoms with Crippen molar-refractivity contribution in [1.82, 2.24) is 0 Å². The lowest BCUT2D eigenvalue weighted by Gasteiger charge is -2.39. The number of anilines is 4. The fraction of sp³-hybridized carbons (Fsp3) is 0.360. The van der Waals surface area contributed by atoms with E-state index in [2.05, 4.69) is 151 Å². The quantitative estimate of drug-likeness (QED) is 0.192. The molecule has 0 aromatic heterocycles. The zero-order valence-electron chi connectivity index (χ0n) is 31.0. The SMILES string of the molecule is CC1(C)c2ccccc2-c2ccc(N(c3ccccc3)c3cccc(N(C4=CC=CCC4)C4=CC=C(C5CC6CC7CC(C6)CC5C7)CC4)c3)cc21. The van der Waals surface area contributed by atoms with E-state index in [9.17, 15) is 0 Å². The molecule has 0 heterocycles. The van der Waals surface area contributed by atoms with Gasteiger partial charge in [0.1, 0.15) is 0 Å². The molecule has 11 rings (SSSR count). The van der Waals surface area contributed by atoms with Gasteiger partial charge in [-0.3, -0.25) is 0 Å². The van der Waals surface area contributed by atoms with Crippen LogP contribution in [0.25, 0.3) is 11.1 Å². The molecule has 4 bridgehead atoms. The lowest BCUT2D eigenvalue weighted by Crippen LogP contribution is -2.28. The van der Waals surface area contributed by atoms with E-state index in [-0.39, 0.29) is 5.41 Å². The van der Waals surface area contributed by atoms with Gasteiger partial charge in [0.15, 0.2) is 0 Å². The Morgan fingerprint density at radius 3 is 1.94 bits per heavy atom. The Morgan fingerprint density at radius 2 is 1.19 bits per heavy atom. The summed E-state index contributed by atoms with van der Waals surface area (Å²) in [5.74, 6) is 4.76. The molecule has 2 heteroatoms. The summed E-state index contributed by atoms with van der Waals surface area (Å²) in [5.41, 5.74) is 14.9. The maximum atomic E-state index is 2.60. The van der Waals surface area contributed by atoms with Gasteiger partial charge in [-0.05, 0) is 171 Å². The fourth-order valence-corrected chi connectivity index (χ4v) is 11.6. The Labute approximate surface area is 311 Å². The summed E-state index contributed by atoms with van der Waals surface area (Å²) in [5, 5.41) is 0. The molecule has 7 aliphatic rings. The van der Waals surface area contributed by atoms with Crippen LogP contribution in [-0.2, 0) is 5.41 Å². The van der Waals surface area contributed by atoms with Crippen molar-refractivity contribution in [3.05, 3.63) is 156 Å². The van der Waals surface area contributed by atoms with Crippen LogP contribution >= 0.6 is 0 Å². The molecule has 4 aromatic rings. The molecule has 0 spiro atoms. The van der Waals surface area contributed by atoms with Crippen LogP contribution in [0.5, 0.6) is 0 Å². The van der Waals surface area contributed by atoms with E-state index < -0.39 is 0 Å². The van der Waals surface area contributed by atoms with Crippen LogP contribution in [0.2, 0.25) is 0 Å². The Hall–Kier alpha value is -4.56. The Bertz CT molecular complexity index is 2110. The molecule has 262 valence electrons. The van der Waals surface area contributed by atoms with Crippen molar-refractivity contribution < 1.29 is 0 Å². The first-order valence-corrected chi connectivity index (χ1v) is 20.2. The molecule has 0 N–H and O–H groups in total. The van der Waals surface area contributed by atoms with E-state index >= 15 is 0 Å². The average molecular weight is 681 g/mol. The molecular weight excluding hydrogens is 629 g/mol. The smallest absolute Gasteiger partial charge is 0.0482 e. The molecule has 0 radical (unpaired) electrons. The normalized spacial score (nSPS) is 26.5. The van der Waals surface area contributed by atoms with Gasteiger partial charge in [0, 0.05) is 39.6 Å². The van der Waals surface area contributed by atoms with Crippen LogP contribution in [-0.4, -0.2) is 0 Å². The van der Waals surface area contributed by atoms with Crippen molar-refractivity contribution in [3.8, 4) is 11.1 Å². The number of para-hydroxylation sites is 1. The Morgan fingerprint density at radius 1 is 0.519 bits per heavy atom. The van der Waals surface area contributed by atoms with Crippen LogP contribution in [0.15, 0.2) is 144 Å². The third-order valence-corrected chi connectivity index (χ3v) is 13.8. The second-order valence-electron chi connectivity index (χ2n) is 17.3. The fourth-order valence-electron chi connectivity index (χ4n) is 11.6. The first-order valence-electron chi connectivity index (χ1n) is 20.2. The van der Waals surface area contributed by atoms with Gasteiger partial charge in [-0.2, -0.15) is 0 Å². The van der Waals surface area contributed by atoms with E-state index in [1.807, 2.05) is 0 Å². The first-order chi connectivity index (χ1) is 25.5. The lowest BCUT2D eigenvalue weighted by atomic mass is 9.66. The van der Waals surface area contributed by atoms with Crippen LogP contribution < -0.4 is 9.80 Å². The van der Waals surface area contributed by atoms with Gasteiger partial charge in [-0.25, -0.2) is 0 Å². The van der Waals surface area contributed by atoms with E-state index in [4.69, 9.17) is 0 Å². The number of fused-ring (bicyclic) bond motifs is 4. The first kappa shape index (κ1) is 32.1. The number of hydrogen-bond donors (Lipinski definition) is 0. The Kier molecular flexibility index (Phi) is 7.93. The number of allylic oxidation sites excluding steroid dienone is 8. The van der Waals surface area contributed by atoms with Gasteiger partial charge in [0.2, 0.25) is 0 Å². The predicted octanol–water partition coefficient (Wildman–Crippen LogP) is 13.6. The molecule has 3 atom stereocenters. The van der Waals surface area contributed by atoms with Gasteiger partial charge in [-0.15, -0.1) is 0 Å². The zero-order chi connectivity index (χ0) is 34.8. The molecule has 4 saturated carbocycles. The summed E-state index contributed by atoms with van der Waals surface area (Å²) < 4.78 is 0. The summed E-state index contributed by atoms with van der Waals surface area (Å²) in [7, 11) is 0. The van der Waals surface area contributed by atoms with E-state index in [1.165, 1.54) is 101 Å². The highest BCUT2D eigenvalue weighted by Gasteiger charge is 2.44. The van der Waals surface area contributed by atoms with E-state index in [0.29, 0.717) is 0 Å². The molecule has 4 aromatic carbocycles. The highest BCUT2D eigenvalue weighted by Crippen LogP contribution is 2.56. The largest absolute Gasteiger partial charge is 0.318 e. The minimum Gasteiger partial charge on any atom is -0.318 e. The van der Waals surface area contributed by atoms with Crippen molar-refractivity contribution >= 4 is 22.7 Å². The summed E-state index contributed by atoms with van der Waals surface area (Å²) in [6.45, 7) is 4.75. The van der Waals surface area contributed by atoms with Crippen molar-refractivity contribution in [2.24, 2.45) is 29.6 Å². The highest BCUT2D eigenvalue weighted by atomic mass is 15.2. The predicted molar refractivity (Wildman–Crippen MR) is 218 cm³/mol. The maximum Gasteiger partial charge on any atom is 0.0482 e. The monoisotopic (exact) mass is 680 g/mol. The van der Waals surface area contributed by atoms with Crippen molar-refractivity contribution in [1.29, 1.82) is 0 Å². The number of benzene rings is 4. The van der Waals surface area contributed by atoms with E-state index in [1.54, 1.807) is 5.57 Å². The summed E-state index contributed by atoms with van der Waals surface area (Å²) in [4.78, 5) is 5.06. The molecule has 4 fully saturated rings. The number of nitrogens with zero attached hydrogens (tertiary/aromatic N) is 2. The molecule has 0 aliphatic heterocycles. The van der Waals surface area contributed by atoms with Gasteiger partial charge in [0.25, 0.3) is 0 Å². The van der Waals surface area contributed by atoms with Gasteiger partial charge >= 0.3 is 0 Å². The topological polar surface area (TPSA) is 6.48 Å². The molecule has 0 amide bonds. The summed E-state index contributed by atoms with van der Waals surface area (Å²) in [6, 6.07) is 36.3. The number of rotatable bonds is 7. The summed E-state index contributed by atoms with van der Waals surface area (Å²) >= 11 is 0. The zero-order valence-corrected chi connectivity index (χ0v) is 31.0. The summed E-state index contributed by atoms with van der Waals surface area (Å²) in [6.07, 6.45) is 25.5. The molecule has 3 unspecified atom stereocenters. The molecular formula is C50H52N2. The third-order valence-electron chi connectivity index (χ3n) is 13.8. The minimum atomic E-state index is -0.0560. The molecule has 7 aliphatic carbocycles. The van der Waals surface area contributed by atoms with Gasteiger partial charge < -0.3 is 9.80 Å². The third kappa shape index (κ3) is 5.53. The maximum absolute atomic E-state index is 2.60. The Balaban J connectivity index is 1.03. The van der Waals surface area contributed by atoms with E-state index in [0.717, 1.165) is 48.9 Å². The molecule has 2 nitrogen and oxygen atoms in total. The second kappa shape index (κ2) is 12.8.